The van der Waals surface area contributed by atoms with E-state index in [-0.39, 0.29) is 40.6 Å². The van der Waals surface area contributed by atoms with Crippen molar-refractivity contribution in [2.75, 3.05) is 14.2 Å². The van der Waals surface area contributed by atoms with Gasteiger partial charge in [0.15, 0.2) is 28.8 Å². The lowest BCUT2D eigenvalue weighted by molar-refractivity contribution is 0.0976. The number of rotatable bonds is 10. The van der Waals surface area contributed by atoms with Crippen LogP contribution in [0.5, 0.6) is 23.0 Å². The van der Waals surface area contributed by atoms with Crippen LogP contribution in [0.1, 0.15) is 51.7 Å². The zero-order chi connectivity index (χ0) is 32.4. The number of nitrogens with two attached hydrogens (primary N) is 1. The minimum absolute atomic E-state index is 0.0972. The van der Waals surface area contributed by atoms with Crippen LogP contribution in [0.4, 0.5) is 8.78 Å². The van der Waals surface area contributed by atoms with Gasteiger partial charge in [0.05, 0.1) is 25.3 Å². The molecule has 0 spiro atoms. The van der Waals surface area contributed by atoms with Gasteiger partial charge in [-0.15, -0.1) is 0 Å². The molecule has 0 atom stereocenters. The number of Topliss-reactive ketones (excluding diaryl/α,β-unsaturated/α-hetero) is 1. The minimum atomic E-state index is -0.878. The number of primary amides is 1. The first-order chi connectivity index (χ1) is 21.5. The molecule has 0 saturated heterocycles. The monoisotopic (exact) mass is 613 g/mol. The third kappa shape index (κ3) is 6.10. The van der Waals surface area contributed by atoms with Crippen molar-refractivity contribution in [3.8, 4) is 28.7 Å². The Hall–Kier alpha value is -5.58. The van der Waals surface area contributed by atoms with Crippen LogP contribution in [0.2, 0.25) is 0 Å². The number of fused-ring (bicyclic) bond motifs is 1. The van der Waals surface area contributed by atoms with Crippen molar-refractivity contribution < 1.29 is 32.6 Å². The molecule has 3 aromatic carbocycles. The summed E-state index contributed by atoms with van der Waals surface area (Å²) in [4.78, 5) is 43.9. The number of benzene rings is 3. The molecule has 0 saturated carbocycles. The van der Waals surface area contributed by atoms with Crippen LogP contribution >= 0.6 is 0 Å². The van der Waals surface area contributed by atoms with Gasteiger partial charge in [-0.2, -0.15) is 0 Å². The molecule has 0 bridgehead atoms. The van der Waals surface area contributed by atoms with Crippen LogP contribution in [0.15, 0.2) is 77.7 Å². The number of hydrogen-bond acceptors (Lipinski definition) is 7. The number of halogens is 2. The molecular formula is C34H29F2N3O6. The van der Waals surface area contributed by atoms with Gasteiger partial charge in [0.1, 0.15) is 17.3 Å². The fourth-order valence-corrected chi connectivity index (χ4v) is 5.04. The van der Waals surface area contributed by atoms with Gasteiger partial charge in [-0.25, -0.2) is 8.78 Å². The number of carbonyl (C=O) groups is 2. The molecule has 0 aliphatic carbocycles. The highest BCUT2D eigenvalue weighted by Gasteiger charge is 2.25. The summed E-state index contributed by atoms with van der Waals surface area (Å²) in [6, 6.07) is 15.2. The molecule has 2 aromatic heterocycles. The molecule has 5 rings (SSSR count). The summed E-state index contributed by atoms with van der Waals surface area (Å²) in [5.41, 5.74) is 5.89. The lowest BCUT2D eigenvalue weighted by Gasteiger charge is -2.19. The summed E-state index contributed by atoms with van der Waals surface area (Å²) >= 11 is 0. The van der Waals surface area contributed by atoms with Gasteiger partial charge in [0.2, 0.25) is 0 Å². The fraction of sp³-hybridized carbons (Fsp3) is 0.176. The fourth-order valence-electron chi connectivity index (χ4n) is 5.04. The molecule has 0 aliphatic heterocycles. The summed E-state index contributed by atoms with van der Waals surface area (Å²) < 4.78 is 46.6. The largest absolute Gasteiger partial charge is 0.493 e. The average Bonchev–Trinajstić information content (AvgIpc) is 3.01. The van der Waals surface area contributed by atoms with E-state index in [1.165, 1.54) is 50.7 Å². The maximum Gasteiger partial charge on any atom is 0.266 e. The second-order valence-corrected chi connectivity index (χ2v) is 10.5. The maximum absolute atomic E-state index is 15.3. The van der Waals surface area contributed by atoms with Crippen LogP contribution in [0.25, 0.3) is 16.6 Å². The molecule has 45 heavy (non-hydrogen) atoms. The number of ether oxygens (including phenoxy) is 3. The van der Waals surface area contributed by atoms with E-state index in [9.17, 15) is 18.8 Å². The van der Waals surface area contributed by atoms with E-state index >= 15 is 4.39 Å². The Morgan fingerprint density at radius 1 is 0.889 bits per heavy atom. The Morgan fingerprint density at radius 3 is 2.20 bits per heavy atom. The Morgan fingerprint density at radius 2 is 1.58 bits per heavy atom. The van der Waals surface area contributed by atoms with Crippen molar-refractivity contribution in [2.45, 2.75) is 26.2 Å². The number of ketones is 1. The van der Waals surface area contributed by atoms with E-state index in [1.54, 1.807) is 32.0 Å². The first-order valence-corrected chi connectivity index (χ1v) is 13.9. The van der Waals surface area contributed by atoms with E-state index in [0.717, 1.165) is 22.8 Å². The minimum Gasteiger partial charge on any atom is -0.493 e. The molecule has 2 N–H and O–H groups in total. The molecule has 9 nitrogen and oxygen atoms in total. The molecule has 0 radical (unpaired) electrons. The van der Waals surface area contributed by atoms with Crippen molar-refractivity contribution in [3.63, 3.8) is 0 Å². The normalized spacial score (nSPS) is 11.1. The molecule has 5 aromatic rings. The number of pyridine rings is 2. The lowest BCUT2D eigenvalue weighted by Crippen LogP contribution is -2.34. The van der Waals surface area contributed by atoms with Crippen molar-refractivity contribution in [3.05, 3.63) is 117 Å². The van der Waals surface area contributed by atoms with Crippen LogP contribution in [-0.2, 0) is 6.42 Å². The van der Waals surface area contributed by atoms with Crippen molar-refractivity contribution >= 4 is 22.6 Å². The van der Waals surface area contributed by atoms with E-state index in [1.807, 2.05) is 0 Å². The predicted molar refractivity (Wildman–Crippen MR) is 164 cm³/mol. The number of methoxy groups -OCH3 is 2. The summed E-state index contributed by atoms with van der Waals surface area (Å²) in [7, 11) is 3.00. The standard InChI is InChI=1S/C34H29F2N3O6/c1-18(2)22-15-24(34(42)39(32(22)33(37)41)21-8-6-20(35)7-9-21)27(40)14-19-5-10-29(25(36)13-19)45-28-11-12-38-26-17-31(44-4)30(43-3)16-23(26)28/h5-13,15-18H,14H2,1-4H3,(H2,37,41). The number of carbonyl (C=O) groups excluding carboxylic acids is 2. The van der Waals surface area contributed by atoms with Gasteiger partial charge >= 0.3 is 0 Å². The topological polar surface area (TPSA) is 123 Å². The maximum atomic E-state index is 15.3. The Kier molecular flexibility index (Phi) is 8.62. The molecule has 1 amide bonds. The number of amides is 1. The highest BCUT2D eigenvalue weighted by molar-refractivity contribution is 5.99. The second kappa shape index (κ2) is 12.6. The van der Waals surface area contributed by atoms with Gasteiger partial charge in [0.25, 0.3) is 11.5 Å². The number of aromatic nitrogens is 2. The van der Waals surface area contributed by atoms with Gasteiger partial charge in [-0.1, -0.05) is 19.9 Å². The molecule has 11 heteroatoms. The molecule has 0 aliphatic rings. The Labute approximate surface area is 256 Å². The second-order valence-electron chi connectivity index (χ2n) is 10.5. The first-order valence-electron chi connectivity index (χ1n) is 13.9. The van der Waals surface area contributed by atoms with Crippen molar-refractivity contribution in [1.82, 2.24) is 9.55 Å². The third-order valence-electron chi connectivity index (χ3n) is 7.26. The zero-order valence-corrected chi connectivity index (χ0v) is 24.9. The lowest BCUT2D eigenvalue weighted by atomic mass is 9.95. The van der Waals surface area contributed by atoms with E-state index in [0.29, 0.717) is 33.7 Å². The quantitative estimate of drug-likeness (QED) is 0.188. The van der Waals surface area contributed by atoms with Crippen LogP contribution in [0.3, 0.4) is 0 Å². The molecule has 0 fully saturated rings. The molecular weight excluding hydrogens is 584 g/mol. The SMILES string of the molecule is COc1cc2nccc(Oc3ccc(CC(=O)c4cc(C(C)C)c(C(N)=O)n(-c5ccc(F)cc5)c4=O)cc3F)c2cc1OC. The average molecular weight is 614 g/mol. The predicted octanol–water partition coefficient (Wildman–Crippen LogP) is 6.12. The van der Waals surface area contributed by atoms with E-state index in [4.69, 9.17) is 19.9 Å². The van der Waals surface area contributed by atoms with Crippen LogP contribution < -0.4 is 25.5 Å². The summed E-state index contributed by atoms with van der Waals surface area (Å²) in [5, 5.41) is 0.562. The van der Waals surface area contributed by atoms with E-state index < -0.39 is 28.9 Å². The van der Waals surface area contributed by atoms with Crippen LogP contribution in [0, 0.1) is 11.6 Å². The molecule has 2 heterocycles. The Bertz CT molecular complexity index is 2010. The van der Waals surface area contributed by atoms with Crippen molar-refractivity contribution in [2.24, 2.45) is 5.73 Å². The van der Waals surface area contributed by atoms with Gasteiger partial charge in [-0.05, 0) is 71.6 Å². The van der Waals surface area contributed by atoms with E-state index in [2.05, 4.69) is 4.98 Å². The van der Waals surface area contributed by atoms with Gasteiger partial charge in [-0.3, -0.25) is 23.9 Å². The highest BCUT2D eigenvalue weighted by atomic mass is 19.1. The first kappa shape index (κ1) is 30.9. The highest BCUT2D eigenvalue weighted by Crippen LogP contribution is 2.37. The van der Waals surface area contributed by atoms with Gasteiger partial charge in [0, 0.05) is 29.8 Å². The summed E-state index contributed by atoms with van der Waals surface area (Å²) in [5.74, 6) is -1.92. The van der Waals surface area contributed by atoms with Crippen LogP contribution in [-0.4, -0.2) is 35.5 Å². The Balaban J connectivity index is 1.48. The third-order valence-corrected chi connectivity index (χ3v) is 7.26. The summed E-state index contributed by atoms with van der Waals surface area (Å²) in [6.45, 7) is 3.56. The molecule has 0 unspecified atom stereocenters. The number of nitrogens with zero attached hydrogens (tertiary/aromatic N) is 2. The molecule has 230 valence electrons. The zero-order valence-electron chi connectivity index (χ0n) is 24.9. The number of hydrogen-bond donors (Lipinski definition) is 1. The summed E-state index contributed by atoms with van der Waals surface area (Å²) in [6.07, 6.45) is 1.20. The van der Waals surface area contributed by atoms with Crippen molar-refractivity contribution in [1.29, 1.82) is 0 Å². The van der Waals surface area contributed by atoms with Gasteiger partial charge < -0.3 is 19.9 Å². The smallest absolute Gasteiger partial charge is 0.266 e.